The van der Waals surface area contributed by atoms with Gasteiger partial charge in [0.1, 0.15) is 0 Å². The van der Waals surface area contributed by atoms with Crippen molar-refractivity contribution in [1.82, 2.24) is 4.98 Å². The fourth-order valence-electron chi connectivity index (χ4n) is 2.02. The van der Waals surface area contributed by atoms with E-state index in [1.807, 2.05) is 0 Å². The van der Waals surface area contributed by atoms with Gasteiger partial charge in [-0.25, -0.2) is 22.0 Å². The van der Waals surface area contributed by atoms with Crippen LogP contribution in [-0.2, 0) is 6.42 Å². The lowest BCUT2D eigenvalue weighted by Gasteiger charge is -2.13. The van der Waals surface area contributed by atoms with Gasteiger partial charge in [0.15, 0.2) is 23.3 Å². The molecule has 0 saturated carbocycles. The monoisotopic (exact) mass is 298 g/mol. The van der Waals surface area contributed by atoms with E-state index in [1.54, 1.807) is 6.07 Å². The molecule has 1 heterocycles. The molecular formula is C14H7F5N2. The Morgan fingerprint density at radius 1 is 0.952 bits per heavy atom. The van der Waals surface area contributed by atoms with Crippen molar-refractivity contribution in [1.29, 1.82) is 5.26 Å². The molecule has 2 aromatic rings. The minimum Gasteiger partial charge on any atom is -0.261 e. The molecule has 0 unspecified atom stereocenters. The molecule has 0 amide bonds. The lowest BCUT2D eigenvalue weighted by atomic mass is 9.95. The second-order valence-corrected chi connectivity index (χ2v) is 4.21. The number of hydrogen-bond donors (Lipinski definition) is 0. The van der Waals surface area contributed by atoms with E-state index >= 15 is 0 Å². The van der Waals surface area contributed by atoms with Crippen LogP contribution in [0.1, 0.15) is 11.3 Å². The highest BCUT2D eigenvalue weighted by Crippen LogP contribution is 2.35. The van der Waals surface area contributed by atoms with Crippen LogP contribution in [0.2, 0.25) is 0 Å². The average Bonchev–Trinajstić information content (AvgIpc) is 2.46. The summed E-state index contributed by atoms with van der Waals surface area (Å²) in [6.07, 6.45) is 1.04. The van der Waals surface area contributed by atoms with Crippen molar-refractivity contribution in [3.05, 3.63) is 52.6 Å². The van der Waals surface area contributed by atoms with Gasteiger partial charge in [-0.2, -0.15) is 5.26 Å². The lowest BCUT2D eigenvalue weighted by Crippen LogP contribution is -2.07. The number of aryl methyl sites for hydroxylation is 1. The molecule has 21 heavy (non-hydrogen) atoms. The maximum atomic E-state index is 13.9. The number of hydrogen-bond acceptors (Lipinski definition) is 2. The highest BCUT2D eigenvalue weighted by atomic mass is 19.2. The van der Waals surface area contributed by atoms with Crippen molar-refractivity contribution in [2.24, 2.45) is 0 Å². The predicted molar refractivity (Wildman–Crippen MR) is 63.5 cm³/mol. The summed E-state index contributed by atoms with van der Waals surface area (Å²) in [5.41, 5.74) is -1.13. The Kier molecular flexibility index (Phi) is 3.89. The van der Waals surface area contributed by atoms with Gasteiger partial charge in [0.25, 0.3) is 0 Å². The fraction of sp³-hybridized carbons (Fsp3) is 0.143. The summed E-state index contributed by atoms with van der Waals surface area (Å²) < 4.78 is 67.4. The first-order valence-electron chi connectivity index (χ1n) is 5.73. The Balaban J connectivity index is 2.90. The van der Waals surface area contributed by atoms with E-state index in [-0.39, 0.29) is 23.2 Å². The summed E-state index contributed by atoms with van der Waals surface area (Å²) in [6.45, 7) is 1.36. The van der Waals surface area contributed by atoms with Gasteiger partial charge in [-0.15, -0.1) is 0 Å². The molecule has 1 aromatic carbocycles. The zero-order chi connectivity index (χ0) is 15.7. The number of rotatable bonds is 2. The van der Waals surface area contributed by atoms with Gasteiger partial charge in [0.05, 0.1) is 18.1 Å². The summed E-state index contributed by atoms with van der Waals surface area (Å²) in [6, 6.07) is 3.06. The summed E-state index contributed by atoms with van der Waals surface area (Å²) in [7, 11) is 0. The van der Waals surface area contributed by atoms with Crippen LogP contribution in [-0.4, -0.2) is 4.98 Å². The molecule has 2 nitrogen and oxygen atoms in total. The molecule has 108 valence electrons. The van der Waals surface area contributed by atoms with Gasteiger partial charge in [-0.05, 0) is 18.6 Å². The van der Waals surface area contributed by atoms with E-state index < -0.39 is 34.6 Å². The predicted octanol–water partition coefficient (Wildman–Crippen LogP) is 3.82. The first kappa shape index (κ1) is 14.9. The van der Waals surface area contributed by atoms with Gasteiger partial charge in [-0.1, -0.05) is 0 Å². The third kappa shape index (κ3) is 2.33. The highest BCUT2D eigenvalue weighted by Gasteiger charge is 2.28. The molecule has 0 fully saturated rings. The Labute approximate surface area is 116 Å². The minimum atomic E-state index is -2.22. The van der Waals surface area contributed by atoms with Crippen molar-refractivity contribution in [2.45, 2.75) is 13.3 Å². The molecule has 0 atom stereocenters. The third-order valence-corrected chi connectivity index (χ3v) is 2.96. The van der Waals surface area contributed by atoms with E-state index in [2.05, 4.69) is 4.98 Å². The van der Waals surface area contributed by atoms with Crippen LogP contribution in [0.5, 0.6) is 0 Å². The Bertz CT molecular complexity index is 736. The second-order valence-electron chi connectivity index (χ2n) is 4.21. The third-order valence-electron chi connectivity index (χ3n) is 2.96. The minimum absolute atomic E-state index is 0.0611. The standard InChI is InChI=1S/C14H7F5N2/c1-6-8(7(2-4-20)3-5-21-6)9-10(15)12(17)14(19)13(18)11(9)16/h3,5H,2H2,1H3. The quantitative estimate of drug-likeness (QED) is 0.480. The average molecular weight is 298 g/mol. The van der Waals surface area contributed by atoms with Crippen LogP contribution in [0.4, 0.5) is 22.0 Å². The van der Waals surface area contributed by atoms with Gasteiger partial charge in [0, 0.05) is 17.5 Å². The van der Waals surface area contributed by atoms with Crippen molar-refractivity contribution in [3.63, 3.8) is 0 Å². The van der Waals surface area contributed by atoms with Gasteiger partial charge < -0.3 is 0 Å². The molecule has 0 aliphatic rings. The number of aromatic nitrogens is 1. The Morgan fingerprint density at radius 3 is 2.00 bits per heavy atom. The van der Waals surface area contributed by atoms with E-state index in [9.17, 15) is 22.0 Å². The molecule has 2 rings (SSSR count). The zero-order valence-electron chi connectivity index (χ0n) is 10.6. The summed E-state index contributed by atoms with van der Waals surface area (Å²) >= 11 is 0. The molecule has 0 aliphatic heterocycles. The van der Waals surface area contributed by atoms with Crippen molar-refractivity contribution in [2.75, 3.05) is 0 Å². The number of halogens is 5. The van der Waals surface area contributed by atoms with Crippen molar-refractivity contribution < 1.29 is 22.0 Å². The summed E-state index contributed by atoms with van der Waals surface area (Å²) in [5, 5.41) is 8.71. The Hall–Kier alpha value is -2.49. The van der Waals surface area contributed by atoms with E-state index in [0.717, 1.165) is 0 Å². The van der Waals surface area contributed by atoms with Gasteiger partial charge >= 0.3 is 0 Å². The summed E-state index contributed by atoms with van der Waals surface area (Å²) in [5.74, 6) is -10.2. The molecule has 1 aromatic heterocycles. The van der Waals surface area contributed by atoms with Crippen LogP contribution < -0.4 is 0 Å². The fourth-order valence-corrected chi connectivity index (χ4v) is 2.02. The van der Waals surface area contributed by atoms with Crippen molar-refractivity contribution >= 4 is 0 Å². The molecule has 0 saturated heterocycles. The molecule has 0 N–H and O–H groups in total. The van der Waals surface area contributed by atoms with Crippen LogP contribution in [0.3, 0.4) is 0 Å². The molecule has 0 spiro atoms. The lowest BCUT2D eigenvalue weighted by molar-refractivity contribution is 0.381. The van der Waals surface area contributed by atoms with E-state index in [4.69, 9.17) is 5.26 Å². The van der Waals surface area contributed by atoms with E-state index in [1.165, 1.54) is 19.2 Å². The topological polar surface area (TPSA) is 36.7 Å². The smallest absolute Gasteiger partial charge is 0.200 e. The number of nitriles is 1. The molecular weight excluding hydrogens is 291 g/mol. The molecule has 0 radical (unpaired) electrons. The largest absolute Gasteiger partial charge is 0.261 e. The number of nitrogens with zero attached hydrogens (tertiary/aromatic N) is 2. The second kappa shape index (κ2) is 5.48. The summed E-state index contributed by atoms with van der Waals surface area (Å²) in [4.78, 5) is 3.78. The number of pyridine rings is 1. The van der Waals surface area contributed by atoms with Gasteiger partial charge in [0.2, 0.25) is 5.82 Å². The van der Waals surface area contributed by atoms with Crippen LogP contribution in [0.25, 0.3) is 11.1 Å². The normalized spacial score (nSPS) is 10.5. The zero-order valence-corrected chi connectivity index (χ0v) is 10.6. The molecule has 0 aliphatic carbocycles. The first-order chi connectivity index (χ1) is 9.90. The maximum absolute atomic E-state index is 13.9. The Morgan fingerprint density at radius 2 is 1.48 bits per heavy atom. The van der Waals surface area contributed by atoms with Crippen LogP contribution >= 0.6 is 0 Å². The maximum Gasteiger partial charge on any atom is 0.200 e. The van der Waals surface area contributed by atoms with Crippen molar-refractivity contribution in [3.8, 4) is 17.2 Å². The molecule has 0 bridgehead atoms. The van der Waals surface area contributed by atoms with E-state index in [0.29, 0.717) is 0 Å². The van der Waals surface area contributed by atoms with Gasteiger partial charge in [-0.3, -0.25) is 4.98 Å². The SMILES string of the molecule is Cc1nccc(CC#N)c1-c1c(F)c(F)c(F)c(F)c1F. The number of benzene rings is 1. The van der Waals surface area contributed by atoms with Crippen LogP contribution in [0.15, 0.2) is 12.3 Å². The van der Waals surface area contributed by atoms with Crippen LogP contribution in [0, 0.1) is 47.3 Å². The highest BCUT2D eigenvalue weighted by molar-refractivity contribution is 5.71. The molecule has 7 heteroatoms. The first-order valence-corrected chi connectivity index (χ1v) is 5.73.